The molecule has 1 N–H and O–H groups in total. The number of hydrogen-bond donors (Lipinski definition) is 1. The first-order chi connectivity index (χ1) is 9.35. The van der Waals surface area contributed by atoms with Gasteiger partial charge in [0.2, 0.25) is 0 Å². The number of nitrogens with zero attached hydrogens (tertiary/aromatic N) is 2. The lowest BCUT2D eigenvalue weighted by atomic mass is 9.97. The fourth-order valence-corrected chi connectivity index (χ4v) is 5.36. The lowest BCUT2D eigenvalue weighted by Gasteiger charge is -2.20. The topological polar surface area (TPSA) is 29.9 Å². The second kappa shape index (κ2) is 4.34. The molecular formula is C16H25N3. The Morgan fingerprint density at radius 2 is 2.11 bits per heavy atom. The molecule has 0 spiro atoms. The molecule has 0 aliphatic heterocycles. The minimum Gasteiger partial charge on any atom is -0.334 e. The second-order valence-electron chi connectivity index (χ2n) is 6.81. The Labute approximate surface area is 115 Å². The summed E-state index contributed by atoms with van der Waals surface area (Å²) in [5, 5.41) is 3.58. The summed E-state index contributed by atoms with van der Waals surface area (Å²) in [5.41, 5.74) is 0. The van der Waals surface area contributed by atoms with Crippen LogP contribution >= 0.6 is 0 Å². The van der Waals surface area contributed by atoms with Gasteiger partial charge in [-0.2, -0.15) is 0 Å². The second-order valence-corrected chi connectivity index (χ2v) is 6.81. The van der Waals surface area contributed by atoms with Crippen LogP contribution in [-0.2, 0) is 6.54 Å². The van der Waals surface area contributed by atoms with E-state index >= 15 is 0 Å². The summed E-state index contributed by atoms with van der Waals surface area (Å²) >= 11 is 0. The molecule has 2 bridgehead atoms. The van der Waals surface area contributed by atoms with Gasteiger partial charge in [-0.25, -0.2) is 4.98 Å². The monoisotopic (exact) mass is 259 g/mol. The Bertz CT molecular complexity index is 450. The number of aromatic nitrogens is 2. The first-order valence-corrected chi connectivity index (χ1v) is 8.03. The van der Waals surface area contributed by atoms with Gasteiger partial charge in [0.25, 0.3) is 0 Å². The molecule has 4 rings (SSSR count). The molecule has 1 aromatic heterocycles. The maximum Gasteiger partial charge on any atom is 0.126 e. The largest absolute Gasteiger partial charge is 0.334 e. The fraction of sp³-hybridized carbons (Fsp3) is 0.812. The summed E-state index contributed by atoms with van der Waals surface area (Å²) < 4.78 is 2.36. The standard InChI is InChI=1S/C16H25N3/c1-3-7-19-8-6-18-16(19)15(17-2)14-12-10-4-5-11(9-10)13(12)14/h6,8,10-15,17H,3-5,7,9H2,1-2H3. The molecule has 3 saturated carbocycles. The third-order valence-corrected chi connectivity index (χ3v) is 5.98. The highest BCUT2D eigenvalue weighted by Gasteiger charge is 2.67. The Hall–Kier alpha value is -0.830. The van der Waals surface area contributed by atoms with Gasteiger partial charge in [-0.3, -0.25) is 0 Å². The van der Waals surface area contributed by atoms with Gasteiger partial charge >= 0.3 is 0 Å². The Balaban J connectivity index is 1.57. The molecule has 19 heavy (non-hydrogen) atoms. The summed E-state index contributed by atoms with van der Waals surface area (Å²) in [4.78, 5) is 4.67. The molecule has 0 amide bonds. The quantitative estimate of drug-likeness (QED) is 0.881. The van der Waals surface area contributed by atoms with Crippen LogP contribution in [0.4, 0.5) is 0 Å². The highest BCUT2D eigenvalue weighted by molar-refractivity contribution is 5.19. The molecule has 5 atom stereocenters. The van der Waals surface area contributed by atoms with Crippen LogP contribution in [0.1, 0.15) is 44.5 Å². The SMILES string of the molecule is CCCn1ccnc1C(NC)C1C2C3CCC(C3)C21. The number of fused-ring (bicyclic) bond motifs is 5. The molecule has 3 nitrogen and oxygen atoms in total. The molecule has 3 aliphatic rings. The van der Waals surface area contributed by atoms with E-state index in [9.17, 15) is 0 Å². The lowest BCUT2D eigenvalue weighted by molar-refractivity contribution is 0.365. The van der Waals surface area contributed by atoms with Crippen LogP contribution in [0.2, 0.25) is 0 Å². The van der Waals surface area contributed by atoms with E-state index in [4.69, 9.17) is 0 Å². The molecule has 104 valence electrons. The maximum absolute atomic E-state index is 4.67. The van der Waals surface area contributed by atoms with Crippen molar-refractivity contribution in [2.45, 2.75) is 45.2 Å². The molecule has 1 aromatic rings. The van der Waals surface area contributed by atoms with Gasteiger partial charge in [0.05, 0.1) is 6.04 Å². The Morgan fingerprint density at radius 1 is 1.37 bits per heavy atom. The van der Waals surface area contributed by atoms with Crippen molar-refractivity contribution < 1.29 is 0 Å². The summed E-state index contributed by atoms with van der Waals surface area (Å²) in [5.74, 6) is 6.28. The zero-order chi connectivity index (χ0) is 13.0. The first kappa shape index (κ1) is 12.0. The van der Waals surface area contributed by atoms with Gasteiger partial charge in [-0.1, -0.05) is 6.92 Å². The van der Waals surface area contributed by atoms with Crippen molar-refractivity contribution in [3.8, 4) is 0 Å². The normalized spacial score (nSPS) is 40.4. The van der Waals surface area contributed by atoms with Gasteiger partial charge < -0.3 is 9.88 Å². The molecule has 3 fully saturated rings. The van der Waals surface area contributed by atoms with Gasteiger partial charge in [-0.05, 0) is 62.3 Å². The predicted molar refractivity (Wildman–Crippen MR) is 75.6 cm³/mol. The van der Waals surface area contributed by atoms with E-state index in [0.717, 1.165) is 36.1 Å². The van der Waals surface area contributed by atoms with Gasteiger partial charge in [0, 0.05) is 18.9 Å². The summed E-state index contributed by atoms with van der Waals surface area (Å²) in [6.45, 7) is 3.34. The van der Waals surface area contributed by atoms with Gasteiger partial charge in [0.1, 0.15) is 5.82 Å². The number of rotatable bonds is 5. The van der Waals surface area contributed by atoms with Crippen LogP contribution in [0.5, 0.6) is 0 Å². The zero-order valence-corrected chi connectivity index (χ0v) is 12.0. The van der Waals surface area contributed by atoms with E-state index in [0.29, 0.717) is 6.04 Å². The van der Waals surface area contributed by atoms with Crippen molar-refractivity contribution in [1.82, 2.24) is 14.9 Å². The van der Waals surface area contributed by atoms with Crippen molar-refractivity contribution in [3.05, 3.63) is 18.2 Å². The van der Waals surface area contributed by atoms with Crippen LogP contribution in [0, 0.1) is 29.6 Å². The van der Waals surface area contributed by atoms with Crippen LogP contribution in [0.25, 0.3) is 0 Å². The van der Waals surface area contributed by atoms with Crippen LogP contribution < -0.4 is 5.32 Å². The summed E-state index contributed by atoms with van der Waals surface area (Å²) in [6.07, 6.45) is 9.84. The van der Waals surface area contributed by atoms with Crippen molar-refractivity contribution in [2.75, 3.05) is 7.05 Å². The number of hydrogen-bond acceptors (Lipinski definition) is 2. The van der Waals surface area contributed by atoms with E-state index in [1.165, 1.54) is 31.5 Å². The number of aryl methyl sites for hydroxylation is 1. The van der Waals surface area contributed by atoms with E-state index in [1.54, 1.807) is 0 Å². The third-order valence-electron chi connectivity index (χ3n) is 5.98. The molecule has 0 aromatic carbocycles. The molecular weight excluding hydrogens is 234 g/mol. The average Bonchev–Trinajstić information content (AvgIpc) is 2.81. The van der Waals surface area contributed by atoms with E-state index in [2.05, 4.69) is 35.0 Å². The average molecular weight is 259 g/mol. The lowest BCUT2D eigenvalue weighted by Crippen LogP contribution is -2.25. The highest BCUT2D eigenvalue weighted by Crippen LogP contribution is 2.72. The van der Waals surface area contributed by atoms with E-state index in [1.807, 2.05) is 6.20 Å². The smallest absolute Gasteiger partial charge is 0.126 e. The molecule has 1 heterocycles. The Kier molecular flexibility index (Phi) is 2.73. The summed E-state index contributed by atoms with van der Waals surface area (Å²) in [6, 6.07) is 0.486. The van der Waals surface area contributed by atoms with Gasteiger partial charge in [0.15, 0.2) is 0 Å². The first-order valence-electron chi connectivity index (χ1n) is 8.03. The van der Waals surface area contributed by atoms with Crippen molar-refractivity contribution in [1.29, 1.82) is 0 Å². The van der Waals surface area contributed by atoms with Crippen LogP contribution in [0.3, 0.4) is 0 Å². The molecule has 3 heteroatoms. The molecule has 3 aliphatic carbocycles. The van der Waals surface area contributed by atoms with Crippen molar-refractivity contribution in [2.24, 2.45) is 29.6 Å². The molecule has 0 saturated heterocycles. The minimum atomic E-state index is 0.486. The van der Waals surface area contributed by atoms with E-state index < -0.39 is 0 Å². The maximum atomic E-state index is 4.67. The number of nitrogens with one attached hydrogen (secondary N) is 1. The fourth-order valence-electron chi connectivity index (χ4n) is 5.36. The van der Waals surface area contributed by atoms with Crippen molar-refractivity contribution in [3.63, 3.8) is 0 Å². The Morgan fingerprint density at radius 3 is 2.74 bits per heavy atom. The molecule has 5 unspecified atom stereocenters. The predicted octanol–water partition coefficient (Wildman–Crippen LogP) is 2.85. The third kappa shape index (κ3) is 1.63. The zero-order valence-electron chi connectivity index (χ0n) is 12.0. The van der Waals surface area contributed by atoms with Crippen LogP contribution in [0.15, 0.2) is 12.4 Å². The van der Waals surface area contributed by atoms with Gasteiger partial charge in [-0.15, -0.1) is 0 Å². The van der Waals surface area contributed by atoms with Crippen molar-refractivity contribution >= 4 is 0 Å². The minimum absolute atomic E-state index is 0.486. The van der Waals surface area contributed by atoms with Crippen LogP contribution in [-0.4, -0.2) is 16.6 Å². The number of imidazole rings is 1. The summed E-state index contributed by atoms with van der Waals surface area (Å²) in [7, 11) is 2.12. The highest BCUT2D eigenvalue weighted by atomic mass is 15.1. The van der Waals surface area contributed by atoms with E-state index in [-0.39, 0.29) is 0 Å². The molecule has 0 radical (unpaired) electrons.